The lowest BCUT2D eigenvalue weighted by atomic mass is 10.0. The molecule has 2 aromatic carbocycles. The maximum absolute atomic E-state index is 13.5. The third-order valence-electron chi connectivity index (χ3n) is 5.96. The van der Waals surface area contributed by atoms with Gasteiger partial charge in [-0.25, -0.2) is 0 Å². The minimum atomic E-state index is -0.623. The zero-order valence-corrected chi connectivity index (χ0v) is 24.3. The lowest BCUT2D eigenvalue weighted by molar-refractivity contribution is -0.142. The predicted molar refractivity (Wildman–Crippen MR) is 155 cm³/mol. The van der Waals surface area contributed by atoms with Crippen LogP contribution in [0.2, 0.25) is 0 Å². The van der Waals surface area contributed by atoms with Gasteiger partial charge in [-0.2, -0.15) is 11.8 Å². The van der Waals surface area contributed by atoms with Crippen molar-refractivity contribution in [3.05, 3.63) is 77.4 Å². The average molecular weight is 552 g/mol. The highest BCUT2D eigenvalue weighted by atomic mass is 32.2. The van der Waals surface area contributed by atoms with E-state index in [9.17, 15) is 14.4 Å². The Morgan fingerprint density at radius 2 is 1.74 bits per heavy atom. The molecule has 0 saturated carbocycles. The van der Waals surface area contributed by atoms with Gasteiger partial charge in [0.15, 0.2) is 17.3 Å². The zero-order chi connectivity index (χ0) is 28.6. The molecule has 1 aliphatic rings. The van der Waals surface area contributed by atoms with Crippen LogP contribution in [-0.2, 0) is 26.5 Å². The number of esters is 1. The second kappa shape index (κ2) is 13.5. The third kappa shape index (κ3) is 8.23. The number of nitrogens with zero attached hydrogens (tertiary/aromatic N) is 1. The van der Waals surface area contributed by atoms with Crippen LogP contribution in [0.15, 0.2) is 60.7 Å². The molecule has 7 nitrogen and oxygen atoms in total. The quantitative estimate of drug-likeness (QED) is 0.310. The van der Waals surface area contributed by atoms with Gasteiger partial charge in [-0.15, -0.1) is 0 Å². The first-order valence-corrected chi connectivity index (χ1v) is 14.0. The Bertz CT molecular complexity index is 1260. The van der Waals surface area contributed by atoms with Crippen LogP contribution in [0.25, 0.3) is 0 Å². The molecule has 0 aliphatic heterocycles. The van der Waals surface area contributed by atoms with E-state index in [1.54, 1.807) is 79.3 Å². The number of ether oxygens (including phenoxy) is 3. The number of hydrogen-bond acceptors (Lipinski definition) is 7. The SMILES string of the molecule is CCOC(=O)Cc1ccc(OC)c(Oc2ccc(C(=O)N(CC)C3C=CC=CC3=O)cc2CSC(C)(C)C)c1. The van der Waals surface area contributed by atoms with Crippen LogP contribution in [0.5, 0.6) is 17.2 Å². The van der Waals surface area contributed by atoms with Crippen molar-refractivity contribution in [2.45, 2.75) is 57.6 Å². The van der Waals surface area contributed by atoms with Crippen molar-refractivity contribution in [2.24, 2.45) is 0 Å². The van der Waals surface area contributed by atoms with Gasteiger partial charge in [-0.05, 0) is 55.8 Å². The fraction of sp³-hybridized carbons (Fsp3) is 0.387. The first-order valence-electron chi connectivity index (χ1n) is 13.0. The molecule has 2 aromatic rings. The molecule has 39 heavy (non-hydrogen) atoms. The Morgan fingerprint density at radius 1 is 1.00 bits per heavy atom. The fourth-order valence-corrected chi connectivity index (χ4v) is 4.84. The number of thioether (sulfide) groups is 1. The van der Waals surface area contributed by atoms with Gasteiger partial charge in [0.25, 0.3) is 5.91 Å². The molecular weight excluding hydrogens is 514 g/mol. The first kappa shape index (κ1) is 30.0. The summed E-state index contributed by atoms with van der Waals surface area (Å²) in [6, 6.07) is 10.0. The van der Waals surface area contributed by atoms with Crippen LogP contribution in [0, 0.1) is 0 Å². The van der Waals surface area contributed by atoms with Crippen molar-refractivity contribution in [2.75, 3.05) is 20.3 Å². The molecule has 8 heteroatoms. The molecule has 0 radical (unpaired) electrons. The van der Waals surface area contributed by atoms with E-state index >= 15 is 0 Å². The van der Waals surface area contributed by atoms with Crippen molar-refractivity contribution in [1.82, 2.24) is 4.90 Å². The smallest absolute Gasteiger partial charge is 0.310 e. The largest absolute Gasteiger partial charge is 0.493 e. The average Bonchev–Trinajstić information content (AvgIpc) is 2.89. The Hall–Kier alpha value is -3.52. The molecule has 0 saturated heterocycles. The van der Waals surface area contributed by atoms with E-state index in [4.69, 9.17) is 14.2 Å². The second-order valence-electron chi connectivity index (χ2n) is 9.98. The van der Waals surface area contributed by atoms with E-state index in [0.717, 1.165) is 11.1 Å². The Balaban J connectivity index is 1.96. The van der Waals surface area contributed by atoms with E-state index in [-0.39, 0.29) is 28.8 Å². The van der Waals surface area contributed by atoms with E-state index in [2.05, 4.69) is 20.8 Å². The Labute approximate surface area is 235 Å². The normalized spacial score (nSPS) is 14.7. The minimum Gasteiger partial charge on any atom is -0.493 e. The van der Waals surface area contributed by atoms with Crippen molar-refractivity contribution < 1.29 is 28.6 Å². The maximum atomic E-state index is 13.5. The number of hydrogen-bond donors (Lipinski definition) is 0. The summed E-state index contributed by atoms with van der Waals surface area (Å²) in [7, 11) is 1.56. The maximum Gasteiger partial charge on any atom is 0.310 e. The Kier molecular flexibility index (Phi) is 10.4. The highest BCUT2D eigenvalue weighted by molar-refractivity contribution is 7.99. The highest BCUT2D eigenvalue weighted by Gasteiger charge is 2.28. The number of carbonyl (C=O) groups is 3. The molecule has 1 unspecified atom stereocenters. The summed E-state index contributed by atoms with van der Waals surface area (Å²) in [5, 5.41) is 0. The van der Waals surface area contributed by atoms with Gasteiger partial charge in [-0.1, -0.05) is 45.1 Å². The van der Waals surface area contributed by atoms with E-state index in [1.807, 2.05) is 13.0 Å². The summed E-state index contributed by atoms with van der Waals surface area (Å²) >= 11 is 1.73. The number of benzene rings is 2. The van der Waals surface area contributed by atoms with Crippen LogP contribution in [0.1, 0.15) is 56.1 Å². The van der Waals surface area contributed by atoms with E-state index < -0.39 is 6.04 Å². The highest BCUT2D eigenvalue weighted by Crippen LogP contribution is 2.37. The summed E-state index contributed by atoms with van der Waals surface area (Å²) < 4.78 is 16.9. The van der Waals surface area contributed by atoms with Crippen LogP contribution in [0.4, 0.5) is 0 Å². The molecule has 1 amide bonds. The molecule has 0 heterocycles. The summed E-state index contributed by atoms with van der Waals surface area (Å²) in [6.07, 6.45) is 6.82. The van der Waals surface area contributed by atoms with E-state index in [1.165, 1.54) is 6.08 Å². The number of methoxy groups -OCH3 is 1. The zero-order valence-electron chi connectivity index (χ0n) is 23.5. The molecule has 0 fully saturated rings. The van der Waals surface area contributed by atoms with Crippen LogP contribution in [-0.4, -0.2) is 53.6 Å². The van der Waals surface area contributed by atoms with Crippen molar-refractivity contribution >= 4 is 29.4 Å². The number of ketones is 1. The summed E-state index contributed by atoms with van der Waals surface area (Å²) in [4.78, 5) is 39.6. The lowest BCUT2D eigenvalue weighted by Crippen LogP contribution is -2.43. The molecule has 1 aliphatic carbocycles. The molecule has 1 atom stereocenters. The van der Waals surface area contributed by atoms with Gasteiger partial charge in [0.2, 0.25) is 0 Å². The van der Waals surface area contributed by atoms with E-state index in [0.29, 0.717) is 41.7 Å². The molecule has 208 valence electrons. The molecule has 3 rings (SSSR count). The monoisotopic (exact) mass is 551 g/mol. The summed E-state index contributed by atoms with van der Waals surface area (Å²) in [6.45, 7) is 10.7. The van der Waals surface area contributed by atoms with Crippen molar-refractivity contribution in [3.8, 4) is 17.2 Å². The second-order valence-corrected chi connectivity index (χ2v) is 11.8. The first-order chi connectivity index (χ1) is 18.6. The topological polar surface area (TPSA) is 82.1 Å². The number of amides is 1. The molecule has 0 N–H and O–H groups in total. The number of rotatable bonds is 11. The van der Waals surface area contributed by atoms with Crippen LogP contribution >= 0.6 is 11.8 Å². The fourth-order valence-electron chi connectivity index (χ4n) is 4.03. The van der Waals surface area contributed by atoms with Crippen molar-refractivity contribution in [1.29, 1.82) is 0 Å². The van der Waals surface area contributed by atoms with Crippen LogP contribution in [0.3, 0.4) is 0 Å². The van der Waals surface area contributed by atoms with Gasteiger partial charge in [-0.3, -0.25) is 14.4 Å². The number of carbonyl (C=O) groups excluding carboxylic acids is 3. The summed E-state index contributed by atoms with van der Waals surface area (Å²) in [5.74, 6) is 1.49. The predicted octanol–water partition coefficient (Wildman–Crippen LogP) is 6.15. The molecule has 0 spiro atoms. The number of allylic oxidation sites excluding steroid dienone is 2. The van der Waals surface area contributed by atoms with Gasteiger partial charge in [0.05, 0.1) is 20.1 Å². The lowest BCUT2D eigenvalue weighted by Gasteiger charge is -2.28. The summed E-state index contributed by atoms with van der Waals surface area (Å²) in [5.41, 5.74) is 2.05. The molecular formula is C31H37NO6S. The molecule has 0 aromatic heterocycles. The minimum absolute atomic E-state index is 0.0182. The number of likely N-dealkylation sites (N-methyl/N-ethyl adjacent to an activating group) is 1. The molecule has 0 bridgehead atoms. The standard InChI is InChI=1S/C31H37NO6S/c1-7-32(24-11-9-10-12-25(24)33)30(35)22-14-16-26(23(19-22)20-39-31(3,4)5)38-28-17-21(13-15-27(28)36-6)18-29(34)37-8-2/h9-17,19,24H,7-8,18,20H2,1-6H3. The van der Waals surface area contributed by atoms with Crippen LogP contribution < -0.4 is 9.47 Å². The van der Waals surface area contributed by atoms with Gasteiger partial charge >= 0.3 is 5.97 Å². The third-order valence-corrected chi connectivity index (χ3v) is 7.29. The van der Waals surface area contributed by atoms with Gasteiger partial charge < -0.3 is 19.1 Å². The van der Waals surface area contributed by atoms with Gasteiger partial charge in [0, 0.05) is 28.2 Å². The Morgan fingerprint density at radius 3 is 2.38 bits per heavy atom. The van der Waals surface area contributed by atoms with Gasteiger partial charge in [0.1, 0.15) is 11.8 Å². The van der Waals surface area contributed by atoms with Crippen molar-refractivity contribution in [3.63, 3.8) is 0 Å².